The Labute approximate surface area is 87.7 Å². The number of aryl methyl sites for hydroxylation is 1. The molecule has 0 heterocycles. The lowest BCUT2D eigenvalue weighted by Gasteiger charge is -2.08. The van der Waals surface area contributed by atoms with E-state index < -0.39 is 11.6 Å². The maximum atomic E-state index is 13.4. The van der Waals surface area contributed by atoms with E-state index in [2.05, 4.69) is 5.32 Å². The molecule has 0 bridgehead atoms. The maximum absolute atomic E-state index is 13.4. The first-order chi connectivity index (χ1) is 6.57. The van der Waals surface area contributed by atoms with E-state index in [4.69, 9.17) is 11.6 Å². The molecule has 78 valence electrons. The molecule has 0 aromatic heterocycles. The van der Waals surface area contributed by atoms with Crippen molar-refractivity contribution in [2.45, 2.75) is 13.3 Å². The van der Waals surface area contributed by atoms with E-state index in [9.17, 15) is 9.50 Å². The summed E-state index contributed by atoms with van der Waals surface area (Å²) < 4.78 is 13.4. The van der Waals surface area contributed by atoms with Gasteiger partial charge >= 0.3 is 0 Å². The van der Waals surface area contributed by atoms with Gasteiger partial charge in [0.1, 0.15) is 0 Å². The van der Waals surface area contributed by atoms with Gasteiger partial charge in [-0.05, 0) is 38.1 Å². The Bertz CT molecular complexity index is 341. The maximum Gasteiger partial charge on any atom is 0.170 e. The van der Waals surface area contributed by atoms with E-state index in [0.29, 0.717) is 24.1 Å². The average molecular weight is 218 g/mol. The lowest BCUT2D eigenvalue weighted by Crippen LogP contribution is -2.11. The van der Waals surface area contributed by atoms with Gasteiger partial charge in [0.05, 0.1) is 5.02 Å². The second-order valence-electron chi connectivity index (χ2n) is 3.18. The summed E-state index contributed by atoms with van der Waals surface area (Å²) in [7, 11) is 1.79. The van der Waals surface area contributed by atoms with Gasteiger partial charge in [-0.15, -0.1) is 0 Å². The van der Waals surface area contributed by atoms with Crippen LogP contribution in [0.5, 0.6) is 5.75 Å². The van der Waals surface area contributed by atoms with E-state index in [1.165, 1.54) is 0 Å². The van der Waals surface area contributed by atoms with Gasteiger partial charge in [-0.25, -0.2) is 4.39 Å². The molecule has 0 saturated heterocycles. The van der Waals surface area contributed by atoms with Crippen LogP contribution in [0.25, 0.3) is 0 Å². The molecule has 0 aliphatic rings. The Morgan fingerprint density at radius 1 is 1.57 bits per heavy atom. The van der Waals surface area contributed by atoms with Crippen molar-refractivity contribution in [2.75, 3.05) is 13.6 Å². The zero-order valence-corrected chi connectivity index (χ0v) is 8.95. The Hall–Kier alpha value is -0.800. The van der Waals surface area contributed by atoms with Crippen LogP contribution in [0.1, 0.15) is 11.1 Å². The van der Waals surface area contributed by atoms with Crippen molar-refractivity contribution in [3.63, 3.8) is 0 Å². The van der Waals surface area contributed by atoms with Gasteiger partial charge in [0.2, 0.25) is 0 Å². The molecular weight excluding hydrogens is 205 g/mol. The smallest absolute Gasteiger partial charge is 0.170 e. The predicted molar refractivity (Wildman–Crippen MR) is 55.4 cm³/mol. The summed E-state index contributed by atoms with van der Waals surface area (Å²) in [4.78, 5) is 0. The van der Waals surface area contributed by atoms with Crippen LogP contribution >= 0.6 is 11.6 Å². The molecule has 0 atom stereocenters. The summed E-state index contributed by atoms with van der Waals surface area (Å²) in [6, 6.07) is 1.66. The number of halogens is 2. The standard InChI is InChI=1S/C10H13ClFNO/c1-6-5-7(3-4-13-2)9(12)10(14)8(6)11/h5,13-14H,3-4H2,1-2H3. The minimum atomic E-state index is -0.615. The third kappa shape index (κ3) is 2.16. The molecule has 0 saturated carbocycles. The van der Waals surface area contributed by atoms with Crippen LogP contribution in [-0.4, -0.2) is 18.7 Å². The van der Waals surface area contributed by atoms with Gasteiger partial charge in [-0.1, -0.05) is 17.7 Å². The van der Waals surface area contributed by atoms with Crippen molar-refractivity contribution >= 4 is 11.6 Å². The van der Waals surface area contributed by atoms with Gasteiger partial charge in [-0.2, -0.15) is 0 Å². The number of likely N-dealkylation sites (N-methyl/N-ethyl adjacent to an activating group) is 1. The Morgan fingerprint density at radius 2 is 2.21 bits per heavy atom. The fraction of sp³-hybridized carbons (Fsp3) is 0.400. The van der Waals surface area contributed by atoms with Gasteiger partial charge < -0.3 is 10.4 Å². The summed E-state index contributed by atoms with van der Waals surface area (Å²) >= 11 is 5.68. The molecule has 0 radical (unpaired) electrons. The highest BCUT2D eigenvalue weighted by atomic mass is 35.5. The lowest BCUT2D eigenvalue weighted by molar-refractivity contribution is 0.428. The molecule has 1 aromatic rings. The van der Waals surface area contributed by atoms with Crippen molar-refractivity contribution in [3.05, 3.63) is 28.0 Å². The van der Waals surface area contributed by atoms with E-state index in [-0.39, 0.29) is 5.02 Å². The zero-order chi connectivity index (χ0) is 10.7. The van der Waals surface area contributed by atoms with Crippen molar-refractivity contribution in [1.82, 2.24) is 5.32 Å². The fourth-order valence-electron chi connectivity index (χ4n) is 1.26. The molecule has 0 amide bonds. The normalized spacial score (nSPS) is 10.6. The monoisotopic (exact) mass is 217 g/mol. The van der Waals surface area contributed by atoms with Crippen LogP contribution in [0.4, 0.5) is 4.39 Å². The molecular formula is C10H13ClFNO. The molecule has 1 aromatic carbocycles. The lowest BCUT2D eigenvalue weighted by atomic mass is 10.1. The third-order valence-corrected chi connectivity index (χ3v) is 2.56. The summed E-state index contributed by atoms with van der Waals surface area (Å²) in [5.74, 6) is -1.06. The number of phenolic OH excluding ortho intramolecular Hbond substituents is 1. The van der Waals surface area contributed by atoms with Crippen LogP contribution in [0.3, 0.4) is 0 Å². The van der Waals surface area contributed by atoms with Crippen LogP contribution in [0, 0.1) is 12.7 Å². The van der Waals surface area contributed by atoms with Crippen LogP contribution < -0.4 is 5.32 Å². The molecule has 0 aliphatic heterocycles. The van der Waals surface area contributed by atoms with Crippen LogP contribution in [0.2, 0.25) is 5.02 Å². The number of hydrogen-bond acceptors (Lipinski definition) is 2. The number of nitrogens with one attached hydrogen (secondary N) is 1. The van der Waals surface area contributed by atoms with Crippen molar-refractivity contribution in [2.24, 2.45) is 0 Å². The Balaban J connectivity index is 3.06. The summed E-state index contributed by atoms with van der Waals surface area (Å²) in [5.41, 5.74) is 1.18. The average Bonchev–Trinajstić information content (AvgIpc) is 2.18. The van der Waals surface area contributed by atoms with Crippen LogP contribution in [-0.2, 0) is 6.42 Å². The summed E-state index contributed by atoms with van der Waals surface area (Å²) in [6.07, 6.45) is 0.536. The highest BCUT2D eigenvalue weighted by Crippen LogP contribution is 2.32. The minimum Gasteiger partial charge on any atom is -0.504 e. The van der Waals surface area contributed by atoms with E-state index in [1.807, 2.05) is 0 Å². The summed E-state index contributed by atoms with van der Waals surface area (Å²) in [5, 5.41) is 12.3. The first kappa shape index (κ1) is 11.3. The highest BCUT2D eigenvalue weighted by molar-refractivity contribution is 6.32. The number of hydrogen-bond donors (Lipinski definition) is 2. The number of rotatable bonds is 3. The van der Waals surface area contributed by atoms with Crippen molar-refractivity contribution < 1.29 is 9.50 Å². The molecule has 2 nitrogen and oxygen atoms in total. The quantitative estimate of drug-likeness (QED) is 0.814. The molecule has 0 aliphatic carbocycles. The fourth-order valence-corrected chi connectivity index (χ4v) is 1.40. The number of aromatic hydroxyl groups is 1. The molecule has 2 N–H and O–H groups in total. The van der Waals surface area contributed by atoms with E-state index in [1.54, 1.807) is 20.0 Å². The van der Waals surface area contributed by atoms with Gasteiger partial charge in [0.15, 0.2) is 11.6 Å². The van der Waals surface area contributed by atoms with Crippen molar-refractivity contribution in [3.8, 4) is 5.75 Å². The second kappa shape index (κ2) is 4.62. The van der Waals surface area contributed by atoms with Gasteiger partial charge in [-0.3, -0.25) is 0 Å². The molecule has 0 spiro atoms. The molecule has 14 heavy (non-hydrogen) atoms. The highest BCUT2D eigenvalue weighted by Gasteiger charge is 2.13. The number of benzene rings is 1. The summed E-state index contributed by atoms with van der Waals surface area (Å²) in [6.45, 7) is 2.40. The Kier molecular flexibility index (Phi) is 3.72. The second-order valence-corrected chi connectivity index (χ2v) is 3.56. The minimum absolute atomic E-state index is 0.0932. The molecule has 1 rings (SSSR count). The van der Waals surface area contributed by atoms with Crippen molar-refractivity contribution in [1.29, 1.82) is 0 Å². The zero-order valence-electron chi connectivity index (χ0n) is 8.19. The first-order valence-corrected chi connectivity index (χ1v) is 4.76. The molecule has 0 unspecified atom stereocenters. The third-order valence-electron chi connectivity index (χ3n) is 2.08. The SMILES string of the molecule is CNCCc1cc(C)c(Cl)c(O)c1F. The van der Waals surface area contributed by atoms with Gasteiger partial charge in [0.25, 0.3) is 0 Å². The van der Waals surface area contributed by atoms with E-state index >= 15 is 0 Å². The first-order valence-electron chi connectivity index (χ1n) is 4.39. The number of phenols is 1. The molecule has 0 fully saturated rings. The predicted octanol–water partition coefficient (Wildman–Crippen LogP) is 2.26. The Morgan fingerprint density at radius 3 is 2.79 bits per heavy atom. The largest absolute Gasteiger partial charge is 0.504 e. The van der Waals surface area contributed by atoms with Gasteiger partial charge in [0, 0.05) is 0 Å². The topological polar surface area (TPSA) is 32.3 Å². The van der Waals surface area contributed by atoms with Crippen LogP contribution in [0.15, 0.2) is 6.07 Å². The molecule has 4 heteroatoms. The van der Waals surface area contributed by atoms with E-state index in [0.717, 1.165) is 0 Å².